The average Bonchev–Trinajstić information content (AvgIpc) is 3.36. The van der Waals surface area contributed by atoms with Crippen LogP contribution in [0.2, 0.25) is 0 Å². The van der Waals surface area contributed by atoms with Crippen molar-refractivity contribution in [2.45, 2.75) is 19.1 Å². The molecule has 3 aromatic rings. The van der Waals surface area contributed by atoms with E-state index in [-0.39, 0.29) is 30.6 Å². The Morgan fingerprint density at radius 1 is 1.34 bits per heavy atom. The van der Waals surface area contributed by atoms with Gasteiger partial charge in [0.2, 0.25) is 0 Å². The summed E-state index contributed by atoms with van der Waals surface area (Å²) in [6.45, 7) is 0.366. The number of fused-ring (bicyclic) bond motifs is 2. The van der Waals surface area contributed by atoms with Gasteiger partial charge in [-0.15, -0.1) is 0 Å². The van der Waals surface area contributed by atoms with Gasteiger partial charge < -0.3 is 25.0 Å². The molecule has 2 aromatic heterocycles. The summed E-state index contributed by atoms with van der Waals surface area (Å²) in [4.78, 5) is 31.9. The average molecular weight is 397 g/mol. The molecule has 0 saturated carbocycles. The van der Waals surface area contributed by atoms with Gasteiger partial charge in [-0.25, -0.2) is 0 Å². The fourth-order valence-corrected chi connectivity index (χ4v) is 3.64. The third-order valence-electron chi connectivity index (χ3n) is 5.23. The predicted octanol–water partition coefficient (Wildman–Crippen LogP) is 0.515. The quantitative estimate of drug-likeness (QED) is 0.499. The molecule has 1 aliphatic rings. The number of carbonyl (C=O) groups excluding carboxylic acids is 2. The number of aromatic amines is 2. The van der Waals surface area contributed by atoms with Crippen molar-refractivity contribution in [2.75, 3.05) is 26.7 Å². The monoisotopic (exact) mass is 397 g/mol. The molecule has 0 saturated heterocycles. The highest BCUT2D eigenvalue weighted by atomic mass is 16.3. The van der Waals surface area contributed by atoms with E-state index in [9.17, 15) is 14.7 Å². The molecule has 1 aliphatic heterocycles. The SMILES string of the molecule is CN(CC(O)CO)C(=O)c1n[nH]c2c1CN(C(=O)c1cc3ccccc3[nH]1)CC2. The fourth-order valence-electron chi connectivity index (χ4n) is 3.64. The molecule has 29 heavy (non-hydrogen) atoms. The van der Waals surface area contributed by atoms with Gasteiger partial charge in [0.05, 0.1) is 19.3 Å². The zero-order valence-electron chi connectivity index (χ0n) is 16.1. The lowest BCUT2D eigenvalue weighted by Gasteiger charge is -2.27. The maximum atomic E-state index is 13.0. The maximum absolute atomic E-state index is 13.0. The number of aromatic nitrogens is 3. The molecule has 1 aromatic carbocycles. The van der Waals surface area contributed by atoms with Gasteiger partial charge in [0.15, 0.2) is 5.69 Å². The molecular formula is C20H23N5O4. The molecule has 1 atom stereocenters. The number of aliphatic hydroxyl groups is 2. The number of para-hydroxylation sites is 1. The molecule has 2 amide bonds. The summed E-state index contributed by atoms with van der Waals surface area (Å²) in [5.74, 6) is -0.495. The minimum absolute atomic E-state index is 0.00528. The number of benzene rings is 1. The van der Waals surface area contributed by atoms with Crippen molar-refractivity contribution < 1.29 is 19.8 Å². The van der Waals surface area contributed by atoms with Crippen LogP contribution in [0.3, 0.4) is 0 Å². The second-order valence-corrected chi connectivity index (χ2v) is 7.30. The Balaban J connectivity index is 1.54. The van der Waals surface area contributed by atoms with Gasteiger partial charge >= 0.3 is 0 Å². The molecule has 0 fully saturated rings. The smallest absolute Gasteiger partial charge is 0.274 e. The minimum Gasteiger partial charge on any atom is -0.394 e. The number of aliphatic hydroxyl groups excluding tert-OH is 2. The first-order valence-electron chi connectivity index (χ1n) is 9.45. The standard InChI is InChI=1S/C20H23N5O4/c1-24(9-13(27)11-26)20(29)18-14-10-25(7-6-16(14)22-23-18)19(28)17-8-12-4-2-3-5-15(12)21-17/h2-5,8,13,21,26-27H,6-7,9-11H2,1H3,(H,22,23). The number of nitrogens with one attached hydrogen (secondary N) is 2. The van der Waals surface area contributed by atoms with Gasteiger partial charge in [0.25, 0.3) is 11.8 Å². The Morgan fingerprint density at radius 3 is 2.90 bits per heavy atom. The molecule has 0 bridgehead atoms. The molecule has 4 N–H and O–H groups in total. The van der Waals surface area contributed by atoms with E-state index >= 15 is 0 Å². The van der Waals surface area contributed by atoms with E-state index < -0.39 is 12.7 Å². The van der Waals surface area contributed by atoms with Crippen molar-refractivity contribution in [3.05, 3.63) is 53.0 Å². The molecular weight excluding hydrogens is 374 g/mol. The topological polar surface area (TPSA) is 126 Å². The van der Waals surface area contributed by atoms with Crippen LogP contribution in [0.15, 0.2) is 30.3 Å². The first-order valence-corrected chi connectivity index (χ1v) is 9.45. The molecule has 152 valence electrons. The Labute approximate surface area is 166 Å². The number of hydrogen-bond acceptors (Lipinski definition) is 5. The summed E-state index contributed by atoms with van der Waals surface area (Å²) in [5, 5.41) is 26.6. The number of H-pyrrole nitrogens is 2. The number of nitrogens with zero attached hydrogens (tertiary/aromatic N) is 3. The maximum Gasteiger partial charge on any atom is 0.274 e. The molecule has 4 rings (SSSR count). The van der Waals surface area contributed by atoms with Crippen molar-refractivity contribution in [3.63, 3.8) is 0 Å². The Kier molecular flexibility index (Phi) is 5.08. The van der Waals surface area contributed by atoms with Crippen LogP contribution in [-0.2, 0) is 13.0 Å². The van der Waals surface area contributed by atoms with Crippen molar-refractivity contribution in [1.82, 2.24) is 25.0 Å². The van der Waals surface area contributed by atoms with Crippen LogP contribution in [0.25, 0.3) is 10.9 Å². The van der Waals surface area contributed by atoms with E-state index in [1.54, 1.807) is 11.9 Å². The van der Waals surface area contributed by atoms with Gasteiger partial charge in [-0.3, -0.25) is 14.7 Å². The lowest BCUT2D eigenvalue weighted by Crippen LogP contribution is -2.39. The Bertz CT molecular complexity index is 1020. The molecule has 0 radical (unpaired) electrons. The van der Waals surface area contributed by atoms with E-state index in [0.29, 0.717) is 24.2 Å². The minimum atomic E-state index is -1.01. The Hall–Kier alpha value is -3.17. The van der Waals surface area contributed by atoms with Crippen LogP contribution >= 0.6 is 0 Å². The van der Waals surface area contributed by atoms with E-state index in [0.717, 1.165) is 16.6 Å². The highest BCUT2D eigenvalue weighted by Crippen LogP contribution is 2.24. The van der Waals surface area contributed by atoms with Crippen molar-refractivity contribution in [3.8, 4) is 0 Å². The van der Waals surface area contributed by atoms with Crippen molar-refractivity contribution in [1.29, 1.82) is 0 Å². The van der Waals surface area contributed by atoms with E-state index in [4.69, 9.17) is 5.11 Å². The highest BCUT2D eigenvalue weighted by molar-refractivity contribution is 5.98. The van der Waals surface area contributed by atoms with Crippen LogP contribution in [0.1, 0.15) is 32.2 Å². The summed E-state index contributed by atoms with van der Waals surface area (Å²) in [7, 11) is 1.54. The highest BCUT2D eigenvalue weighted by Gasteiger charge is 2.30. The van der Waals surface area contributed by atoms with Crippen LogP contribution in [0, 0.1) is 0 Å². The molecule has 0 aliphatic carbocycles. The zero-order valence-corrected chi connectivity index (χ0v) is 16.1. The van der Waals surface area contributed by atoms with Gasteiger partial charge in [-0.1, -0.05) is 18.2 Å². The largest absolute Gasteiger partial charge is 0.394 e. The first-order chi connectivity index (χ1) is 14.0. The van der Waals surface area contributed by atoms with Gasteiger partial charge in [0.1, 0.15) is 5.69 Å². The number of carbonyl (C=O) groups is 2. The first kappa shape index (κ1) is 19.2. The van der Waals surface area contributed by atoms with E-state index in [1.807, 2.05) is 30.3 Å². The third kappa shape index (κ3) is 3.62. The summed E-state index contributed by atoms with van der Waals surface area (Å²) in [6.07, 6.45) is -0.441. The van der Waals surface area contributed by atoms with Crippen LogP contribution in [0.5, 0.6) is 0 Å². The summed E-state index contributed by atoms with van der Waals surface area (Å²) >= 11 is 0. The van der Waals surface area contributed by atoms with Crippen LogP contribution in [0.4, 0.5) is 0 Å². The molecule has 1 unspecified atom stereocenters. The van der Waals surface area contributed by atoms with Crippen LogP contribution < -0.4 is 0 Å². The normalized spacial score (nSPS) is 14.7. The number of hydrogen-bond donors (Lipinski definition) is 4. The summed E-state index contributed by atoms with van der Waals surface area (Å²) < 4.78 is 0. The predicted molar refractivity (Wildman–Crippen MR) is 105 cm³/mol. The second-order valence-electron chi connectivity index (χ2n) is 7.30. The third-order valence-corrected chi connectivity index (χ3v) is 5.23. The number of likely N-dealkylation sites (N-methyl/N-ethyl adjacent to an activating group) is 1. The van der Waals surface area contributed by atoms with Crippen molar-refractivity contribution >= 4 is 22.7 Å². The number of amides is 2. The summed E-state index contributed by atoms with van der Waals surface area (Å²) in [6, 6.07) is 9.53. The van der Waals surface area contributed by atoms with Gasteiger partial charge in [-0.05, 0) is 12.1 Å². The van der Waals surface area contributed by atoms with Crippen molar-refractivity contribution in [2.24, 2.45) is 0 Å². The Morgan fingerprint density at radius 2 is 2.14 bits per heavy atom. The van der Waals surface area contributed by atoms with E-state index in [2.05, 4.69) is 15.2 Å². The van der Waals surface area contributed by atoms with E-state index in [1.165, 1.54) is 4.90 Å². The van der Waals surface area contributed by atoms with Gasteiger partial charge in [-0.2, -0.15) is 5.10 Å². The van der Waals surface area contributed by atoms with Crippen LogP contribution in [-0.4, -0.2) is 79.9 Å². The second kappa shape index (κ2) is 7.69. The molecule has 0 spiro atoms. The lowest BCUT2D eigenvalue weighted by atomic mass is 10.0. The summed E-state index contributed by atoms with van der Waals surface area (Å²) in [5.41, 5.74) is 3.17. The fraction of sp³-hybridized carbons (Fsp3) is 0.350. The lowest BCUT2D eigenvalue weighted by molar-refractivity contribution is 0.0513. The zero-order chi connectivity index (χ0) is 20.5. The number of rotatable bonds is 5. The molecule has 9 heteroatoms. The van der Waals surface area contributed by atoms with Gasteiger partial charge in [0, 0.05) is 48.7 Å². The molecule has 9 nitrogen and oxygen atoms in total. The molecule has 3 heterocycles.